The summed E-state index contributed by atoms with van der Waals surface area (Å²) in [7, 11) is 1.53. The van der Waals surface area contributed by atoms with E-state index in [-0.39, 0.29) is 40.4 Å². The van der Waals surface area contributed by atoms with Gasteiger partial charge in [-0.25, -0.2) is 0 Å². The number of hydrogen-bond donors (Lipinski definition) is 2. The molecule has 1 heterocycles. The number of ether oxygens (including phenoxy) is 2. The molecule has 2 N–H and O–H groups in total. The monoisotopic (exact) mass is 851 g/mol. The van der Waals surface area contributed by atoms with Gasteiger partial charge < -0.3 is 25.0 Å². The molecule has 4 atom stereocenters. The van der Waals surface area contributed by atoms with Gasteiger partial charge in [-0.05, 0) is 65.9 Å². The summed E-state index contributed by atoms with van der Waals surface area (Å²) in [6.45, 7) is 0.521. The number of carbonyl (C=O) groups is 4. The standard InChI is InChI=1S/C37H37Cl3F5N3O6S/c1-20(2)31(32(49)37(44,45)35(52)46-19-36(41,42)43)47-33(50)29-16-28(55-18-21-7-9-26(53-3)10-8-21)17-48(29)34(51)30(12-22-5-4-6-23(38)11-22)54-27-14-24(39)13-25(40)15-27/h4-11,13-15,20,28-31H,12,16-19H2,1-3H3,(H,46,52)(H,47,50)/t28-,29+,30-,31-/m1/s1. The highest BCUT2D eigenvalue weighted by Gasteiger charge is 2.53. The topological polar surface area (TPSA) is 114 Å². The maximum absolute atomic E-state index is 15.0. The first kappa shape index (κ1) is 43.9. The summed E-state index contributed by atoms with van der Waals surface area (Å²) < 4.78 is 79.3. The third-order valence-electron chi connectivity index (χ3n) is 8.48. The zero-order chi connectivity index (χ0) is 40.7. The number of thioether (sulfide) groups is 1. The number of nitrogens with one attached hydrogen (secondary N) is 2. The van der Waals surface area contributed by atoms with Crippen LogP contribution in [0.1, 0.15) is 31.4 Å². The van der Waals surface area contributed by atoms with E-state index in [9.17, 15) is 32.3 Å². The molecule has 298 valence electrons. The fraction of sp³-hybridized carbons (Fsp3) is 0.405. The van der Waals surface area contributed by atoms with Gasteiger partial charge in [-0.1, -0.05) is 72.9 Å². The molecule has 0 spiro atoms. The maximum Gasteiger partial charge on any atom is 0.405 e. The van der Waals surface area contributed by atoms with E-state index in [1.54, 1.807) is 36.4 Å². The van der Waals surface area contributed by atoms with Gasteiger partial charge in [-0.2, -0.15) is 33.7 Å². The predicted molar refractivity (Wildman–Crippen MR) is 200 cm³/mol. The van der Waals surface area contributed by atoms with E-state index in [0.717, 1.165) is 10.9 Å². The second-order valence-electron chi connectivity index (χ2n) is 13.0. The van der Waals surface area contributed by atoms with Crippen molar-refractivity contribution in [2.24, 2.45) is 5.92 Å². The molecule has 3 aromatic rings. The number of nitrogens with zero attached hydrogens (tertiary/aromatic N) is 1. The minimum Gasteiger partial charge on any atom is -0.497 e. The van der Waals surface area contributed by atoms with E-state index in [1.165, 1.54) is 55.8 Å². The van der Waals surface area contributed by atoms with E-state index >= 15 is 8.78 Å². The lowest BCUT2D eigenvalue weighted by molar-refractivity contribution is -0.165. The molecule has 1 aliphatic heterocycles. The number of carbonyl (C=O) groups excluding carboxylic acids is 4. The van der Waals surface area contributed by atoms with Crippen LogP contribution < -0.4 is 20.1 Å². The van der Waals surface area contributed by atoms with Crippen molar-refractivity contribution in [3.8, 4) is 11.5 Å². The summed E-state index contributed by atoms with van der Waals surface area (Å²) in [5, 5.41) is 3.73. The van der Waals surface area contributed by atoms with Crippen molar-refractivity contribution in [1.29, 1.82) is 0 Å². The van der Waals surface area contributed by atoms with Crippen molar-refractivity contribution in [2.75, 3.05) is 20.2 Å². The molecule has 0 bridgehead atoms. The lowest BCUT2D eigenvalue weighted by Gasteiger charge is -2.31. The van der Waals surface area contributed by atoms with Crippen LogP contribution in [0.25, 0.3) is 0 Å². The van der Waals surface area contributed by atoms with Crippen LogP contribution in [0.2, 0.25) is 15.1 Å². The van der Waals surface area contributed by atoms with Gasteiger partial charge in [0.25, 0.3) is 11.8 Å². The molecule has 3 aromatic carbocycles. The van der Waals surface area contributed by atoms with Crippen LogP contribution in [0.3, 0.4) is 0 Å². The highest BCUT2D eigenvalue weighted by molar-refractivity contribution is 7.99. The van der Waals surface area contributed by atoms with E-state index in [0.29, 0.717) is 22.1 Å². The van der Waals surface area contributed by atoms with Gasteiger partial charge in [0, 0.05) is 39.0 Å². The van der Waals surface area contributed by atoms with Crippen LogP contribution in [0.15, 0.2) is 66.7 Å². The summed E-state index contributed by atoms with van der Waals surface area (Å²) in [4.78, 5) is 54.9. The van der Waals surface area contributed by atoms with Gasteiger partial charge in [0.1, 0.15) is 24.1 Å². The summed E-state index contributed by atoms with van der Waals surface area (Å²) in [6, 6.07) is 14.9. The number of likely N-dealkylation sites (tertiary alicyclic amines) is 1. The normalized spacial score (nSPS) is 17.1. The second kappa shape index (κ2) is 18.9. The van der Waals surface area contributed by atoms with E-state index in [4.69, 9.17) is 44.3 Å². The minimum atomic E-state index is -5.02. The number of Topliss-reactive ketones (excluding diaryl/α,β-unsaturated/α-hetero) is 1. The van der Waals surface area contributed by atoms with Crippen LogP contribution in [0.5, 0.6) is 11.5 Å². The molecule has 0 aromatic heterocycles. The summed E-state index contributed by atoms with van der Waals surface area (Å²) in [5.74, 6) is -11.0. The highest BCUT2D eigenvalue weighted by Crippen LogP contribution is 2.33. The fourth-order valence-corrected chi connectivity index (χ4v) is 7.66. The van der Waals surface area contributed by atoms with Gasteiger partial charge in [0.2, 0.25) is 11.7 Å². The van der Waals surface area contributed by atoms with Crippen molar-refractivity contribution in [2.45, 2.75) is 68.0 Å². The van der Waals surface area contributed by atoms with Crippen molar-refractivity contribution in [3.05, 3.63) is 92.9 Å². The smallest absolute Gasteiger partial charge is 0.405 e. The quantitative estimate of drug-likeness (QED) is 0.113. The number of hydrogen-bond acceptors (Lipinski definition) is 7. The average molecular weight is 853 g/mol. The number of rotatable bonds is 16. The van der Waals surface area contributed by atoms with Gasteiger partial charge in [0.15, 0.2) is 6.10 Å². The summed E-state index contributed by atoms with van der Waals surface area (Å²) in [6.07, 6.45) is -6.33. The third kappa shape index (κ3) is 12.3. The first-order chi connectivity index (χ1) is 25.8. The first-order valence-corrected chi connectivity index (χ1v) is 19.0. The second-order valence-corrected chi connectivity index (χ2v) is 15.6. The number of ketones is 1. The van der Waals surface area contributed by atoms with Crippen molar-refractivity contribution >= 4 is 70.1 Å². The fourth-order valence-electron chi connectivity index (χ4n) is 5.73. The van der Waals surface area contributed by atoms with E-state index < -0.39 is 66.3 Å². The zero-order valence-electron chi connectivity index (χ0n) is 29.6. The SMILES string of the molecule is COc1ccc(CS[C@@H]2C[C@@H](C(=O)N[C@@H](C(=O)C(F)(F)C(=O)NCC(F)(F)F)C(C)C)N(C(=O)[C@@H](Cc3cccc(Cl)c3)Oc3cc(Cl)cc(Cl)c3)C2)cc1. The molecule has 1 fully saturated rings. The van der Waals surface area contributed by atoms with Crippen molar-refractivity contribution in [3.63, 3.8) is 0 Å². The molecule has 0 aliphatic carbocycles. The number of alkyl halides is 5. The molecule has 4 rings (SSSR count). The molecular formula is C37H37Cl3F5N3O6S. The Labute approximate surface area is 333 Å². The lowest BCUT2D eigenvalue weighted by Crippen LogP contribution is -2.59. The third-order valence-corrected chi connectivity index (χ3v) is 10.5. The minimum absolute atomic E-state index is 0.000249. The molecule has 1 saturated heterocycles. The number of amides is 3. The largest absolute Gasteiger partial charge is 0.497 e. The Bertz CT molecular complexity index is 1830. The van der Waals surface area contributed by atoms with Gasteiger partial charge >= 0.3 is 12.1 Å². The Morgan fingerprint density at radius 2 is 1.55 bits per heavy atom. The molecule has 9 nitrogen and oxygen atoms in total. The molecule has 0 saturated carbocycles. The molecule has 55 heavy (non-hydrogen) atoms. The molecule has 1 aliphatic rings. The maximum atomic E-state index is 15.0. The number of benzene rings is 3. The Kier molecular flexibility index (Phi) is 15.1. The summed E-state index contributed by atoms with van der Waals surface area (Å²) in [5.41, 5.74) is 1.51. The van der Waals surface area contributed by atoms with Crippen LogP contribution in [0.4, 0.5) is 22.0 Å². The Balaban J connectivity index is 1.65. The van der Waals surface area contributed by atoms with E-state index in [1.807, 2.05) is 12.1 Å². The zero-order valence-corrected chi connectivity index (χ0v) is 32.7. The average Bonchev–Trinajstić information content (AvgIpc) is 3.55. The van der Waals surface area contributed by atoms with Crippen LogP contribution in [-0.4, -0.2) is 84.1 Å². The Morgan fingerprint density at radius 3 is 2.13 bits per heavy atom. The highest BCUT2D eigenvalue weighted by atomic mass is 35.5. The number of halogens is 8. The van der Waals surface area contributed by atoms with Crippen molar-refractivity contribution in [1.82, 2.24) is 15.5 Å². The molecule has 3 amide bonds. The van der Waals surface area contributed by atoms with Gasteiger partial charge in [-0.3, -0.25) is 19.2 Å². The van der Waals surface area contributed by atoms with Crippen molar-refractivity contribution < 1.29 is 50.6 Å². The predicted octanol–water partition coefficient (Wildman–Crippen LogP) is 7.57. The molecule has 0 unspecified atom stereocenters. The van der Waals surface area contributed by atoms with Crippen LogP contribution >= 0.6 is 46.6 Å². The number of methoxy groups -OCH3 is 1. The van der Waals surface area contributed by atoms with E-state index in [2.05, 4.69) is 5.32 Å². The van der Waals surface area contributed by atoms with Gasteiger partial charge in [-0.15, -0.1) is 0 Å². The molecule has 18 heteroatoms. The Hall–Kier alpha value is -3.79. The first-order valence-electron chi connectivity index (χ1n) is 16.8. The van der Waals surface area contributed by atoms with Crippen LogP contribution in [0, 0.1) is 5.92 Å². The summed E-state index contributed by atoms with van der Waals surface area (Å²) >= 11 is 20.0. The van der Waals surface area contributed by atoms with Gasteiger partial charge in [0.05, 0.1) is 13.2 Å². The molecular weight excluding hydrogens is 816 g/mol. The van der Waals surface area contributed by atoms with Crippen LogP contribution in [-0.2, 0) is 31.4 Å². The lowest BCUT2D eigenvalue weighted by atomic mass is 9.94. The Morgan fingerprint density at radius 1 is 0.891 bits per heavy atom. The molecule has 0 radical (unpaired) electrons.